The van der Waals surface area contributed by atoms with Crippen LogP contribution in [0.5, 0.6) is 0 Å². The first-order valence-corrected chi connectivity index (χ1v) is 14.3. The number of carbonyl (C=O) groups excluding carboxylic acids is 3. The third-order valence-corrected chi connectivity index (χ3v) is 8.12. The van der Waals surface area contributed by atoms with Gasteiger partial charge in [-0.15, -0.1) is 0 Å². The zero-order valence-corrected chi connectivity index (χ0v) is 23.3. The molecule has 2 aliphatic heterocycles. The van der Waals surface area contributed by atoms with E-state index >= 15 is 0 Å². The lowest BCUT2D eigenvalue weighted by molar-refractivity contribution is -0.128. The van der Waals surface area contributed by atoms with Crippen LogP contribution in [-0.4, -0.2) is 44.9 Å². The fourth-order valence-electron chi connectivity index (χ4n) is 4.55. The molecule has 204 valence electrons. The highest BCUT2D eigenvalue weighted by Crippen LogP contribution is 2.35. The summed E-state index contributed by atoms with van der Waals surface area (Å²) in [4.78, 5) is 50.4. The van der Waals surface area contributed by atoms with Gasteiger partial charge in [-0.05, 0) is 48.2 Å². The van der Waals surface area contributed by atoms with Gasteiger partial charge in [0, 0.05) is 17.8 Å². The van der Waals surface area contributed by atoms with Gasteiger partial charge in [-0.3, -0.25) is 19.4 Å². The maximum absolute atomic E-state index is 13.6. The molecule has 2 N–H and O–H groups in total. The molecular weight excluding hydrogens is 522 g/mol. The summed E-state index contributed by atoms with van der Waals surface area (Å²) in [6.07, 6.45) is 1.38. The standard InChI is InChI=1S/C31H31N5O3S/c1-3-20-14-16-22(17-15-20)33-29(38)26(4-2)40-31-35-24-13-9-8-12-23(24)28-34-25(30(39)36(28)31)18-27(37)32-19-21-10-6-5-7-11-21/h5-17,25-26H,3-4,18-19H2,1-2H3,(H,32,37)(H,33,38)/t25-,26+/m1/s1. The molecule has 0 saturated carbocycles. The number of fused-ring (bicyclic) bond motifs is 3. The van der Waals surface area contributed by atoms with E-state index in [1.54, 1.807) is 0 Å². The highest BCUT2D eigenvalue weighted by atomic mass is 32.2. The largest absolute Gasteiger partial charge is 0.352 e. The molecule has 0 aliphatic carbocycles. The number of nitrogens with zero attached hydrogens (tertiary/aromatic N) is 3. The lowest BCUT2D eigenvalue weighted by atomic mass is 10.1. The summed E-state index contributed by atoms with van der Waals surface area (Å²) < 4.78 is 0. The Morgan fingerprint density at radius 1 is 0.950 bits per heavy atom. The number of anilines is 1. The maximum atomic E-state index is 13.6. The summed E-state index contributed by atoms with van der Waals surface area (Å²) in [5, 5.41) is 5.76. The van der Waals surface area contributed by atoms with Crippen molar-refractivity contribution in [1.29, 1.82) is 0 Å². The normalized spacial score (nSPS) is 16.4. The number of para-hydroxylation sites is 1. The summed E-state index contributed by atoms with van der Waals surface area (Å²) in [7, 11) is 0. The minimum Gasteiger partial charge on any atom is -0.352 e. The fraction of sp³-hybridized carbons (Fsp3) is 0.258. The van der Waals surface area contributed by atoms with E-state index in [9.17, 15) is 14.4 Å². The van der Waals surface area contributed by atoms with Gasteiger partial charge in [-0.2, -0.15) is 0 Å². The van der Waals surface area contributed by atoms with Gasteiger partial charge < -0.3 is 10.6 Å². The third-order valence-electron chi connectivity index (χ3n) is 6.80. The Bertz CT molecular complexity index is 1470. The molecule has 9 heteroatoms. The van der Waals surface area contributed by atoms with Gasteiger partial charge >= 0.3 is 0 Å². The number of thioether (sulfide) groups is 1. The van der Waals surface area contributed by atoms with Crippen LogP contribution >= 0.6 is 11.8 Å². The second kappa shape index (κ2) is 12.3. The number of aliphatic imine (C=N–C) groups is 2. The number of rotatable bonds is 9. The molecular formula is C31H31N5O3S. The number of carbonyl (C=O) groups is 3. The molecule has 2 atom stereocenters. The van der Waals surface area contributed by atoms with Crippen molar-refractivity contribution in [2.75, 3.05) is 5.32 Å². The maximum Gasteiger partial charge on any atom is 0.259 e. The highest BCUT2D eigenvalue weighted by Gasteiger charge is 2.43. The zero-order chi connectivity index (χ0) is 28.1. The SMILES string of the molecule is CCc1ccc(NC(=O)[C@H](CC)SC2=Nc3ccccc3C3=N[C@H](CC(=O)NCc4ccccc4)C(=O)N23)cc1. The van der Waals surface area contributed by atoms with Crippen LogP contribution in [0.25, 0.3) is 0 Å². The van der Waals surface area contributed by atoms with Crippen LogP contribution in [0.3, 0.4) is 0 Å². The van der Waals surface area contributed by atoms with Crippen LogP contribution in [0, 0.1) is 0 Å². The Morgan fingerprint density at radius 2 is 1.68 bits per heavy atom. The van der Waals surface area contributed by atoms with Crippen molar-refractivity contribution in [1.82, 2.24) is 10.2 Å². The minimum atomic E-state index is -0.867. The molecule has 2 aliphatic rings. The second-order valence-corrected chi connectivity index (χ2v) is 10.7. The van der Waals surface area contributed by atoms with Gasteiger partial charge in [0.05, 0.1) is 17.4 Å². The van der Waals surface area contributed by atoms with Crippen molar-refractivity contribution in [3.63, 3.8) is 0 Å². The molecule has 0 saturated heterocycles. The van der Waals surface area contributed by atoms with Crippen molar-refractivity contribution < 1.29 is 14.4 Å². The molecule has 0 bridgehead atoms. The molecule has 40 heavy (non-hydrogen) atoms. The molecule has 0 fully saturated rings. The summed E-state index contributed by atoms with van der Waals surface area (Å²) >= 11 is 1.23. The molecule has 0 unspecified atom stereocenters. The first-order valence-electron chi connectivity index (χ1n) is 13.4. The van der Waals surface area contributed by atoms with Crippen molar-refractivity contribution in [2.24, 2.45) is 9.98 Å². The van der Waals surface area contributed by atoms with E-state index in [2.05, 4.69) is 22.5 Å². The molecule has 0 radical (unpaired) electrons. The van der Waals surface area contributed by atoms with Crippen molar-refractivity contribution in [3.8, 4) is 0 Å². The Balaban J connectivity index is 1.32. The van der Waals surface area contributed by atoms with Gasteiger partial charge in [-0.1, -0.05) is 80.2 Å². The molecule has 0 aromatic heterocycles. The number of benzene rings is 3. The van der Waals surface area contributed by atoms with Crippen LogP contribution < -0.4 is 10.6 Å². The first-order chi connectivity index (χ1) is 19.5. The Hall–Kier alpha value is -4.24. The van der Waals surface area contributed by atoms with Crippen molar-refractivity contribution in [2.45, 2.75) is 50.9 Å². The van der Waals surface area contributed by atoms with Gasteiger partial charge in [-0.25, -0.2) is 9.89 Å². The molecule has 0 spiro atoms. The predicted octanol–water partition coefficient (Wildman–Crippen LogP) is 5.06. The zero-order valence-electron chi connectivity index (χ0n) is 22.5. The number of amidine groups is 2. The van der Waals surface area contributed by atoms with E-state index in [0.717, 1.165) is 23.2 Å². The van der Waals surface area contributed by atoms with Gasteiger partial charge in [0.25, 0.3) is 5.91 Å². The molecule has 2 heterocycles. The Kier molecular flexibility index (Phi) is 8.40. The van der Waals surface area contributed by atoms with Crippen molar-refractivity contribution in [3.05, 3.63) is 95.6 Å². The summed E-state index contributed by atoms with van der Waals surface area (Å²) in [6, 6.07) is 24.0. The van der Waals surface area contributed by atoms with E-state index in [0.29, 0.717) is 29.7 Å². The van der Waals surface area contributed by atoms with Crippen LogP contribution in [0.15, 0.2) is 88.8 Å². The van der Waals surface area contributed by atoms with Crippen LogP contribution in [0.4, 0.5) is 11.4 Å². The van der Waals surface area contributed by atoms with Crippen molar-refractivity contribution >= 4 is 51.9 Å². The molecule has 5 rings (SSSR count). The summed E-state index contributed by atoms with van der Waals surface area (Å²) in [5.41, 5.74) is 4.28. The van der Waals surface area contributed by atoms with Gasteiger partial charge in [0.15, 0.2) is 5.17 Å². The number of hydrogen-bond acceptors (Lipinski definition) is 6. The molecule has 3 aromatic rings. The summed E-state index contributed by atoms with van der Waals surface area (Å²) in [6.45, 7) is 4.38. The lowest BCUT2D eigenvalue weighted by Gasteiger charge is -2.27. The predicted molar refractivity (Wildman–Crippen MR) is 160 cm³/mol. The second-order valence-electron chi connectivity index (χ2n) is 9.57. The quantitative estimate of drug-likeness (QED) is 0.386. The number of nitrogens with one attached hydrogen (secondary N) is 2. The first kappa shape index (κ1) is 27.3. The monoisotopic (exact) mass is 553 g/mol. The average molecular weight is 554 g/mol. The Labute approximate surface area is 238 Å². The van der Waals surface area contributed by atoms with E-state index in [1.807, 2.05) is 85.8 Å². The van der Waals surface area contributed by atoms with E-state index in [-0.39, 0.29) is 24.1 Å². The topological polar surface area (TPSA) is 103 Å². The van der Waals surface area contributed by atoms with Crippen LogP contribution in [-0.2, 0) is 27.3 Å². The highest BCUT2D eigenvalue weighted by molar-refractivity contribution is 8.15. The number of hydrogen-bond donors (Lipinski definition) is 2. The minimum absolute atomic E-state index is 0.0722. The lowest BCUT2D eigenvalue weighted by Crippen LogP contribution is -2.43. The van der Waals surface area contributed by atoms with Crippen LogP contribution in [0.1, 0.15) is 43.4 Å². The number of amides is 3. The van der Waals surface area contributed by atoms with E-state index < -0.39 is 11.3 Å². The molecule has 3 amide bonds. The average Bonchev–Trinajstić information content (AvgIpc) is 3.31. The van der Waals surface area contributed by atoms with Gasteiger partial charge in [0.1, 0.15) is 11.9 Å². The smallest absolute Gasteiger partial charge is 0.259 e. The van der Waals surface area contributed by atoms with Crippen LogP contribution in [0.2, 0.25) is 0 Å². The van der Waals surface area contributed by atoms with Gasteiger partial charge in [0.2, 0.25) is 11.8 Å². The molecule has 3 aromatic carbocycles. The summed E-state index contributed by atoms with van der Waals surface area (Å²) in [5.74, 6) is -0.286. The number of aryl methyl sites for hydroxylation is 1. The fourth-order valence-corrected chi connectivity index (χ4v) is 5.57. The van der Waals surface area contributed by atoms with E-state index in [4.69, 9.17) is 4.99 Å². The Morgan fingerprint density at radius 3 is 2.40 bits per heavy atom. The third kappa shape index (κ3) is 5.99. The van der Waals surface area contributed by atoms with E-state index in [1.165, 1.54) is 22.2 Å². The molecule has 8 nitrogen and oxygen atoms in total.